The van der Waals surface area contributed by atoms with Crippen LogP contribution in [-0.4, -0.2) is 19.9 Å². The van der Waals surface area contributed by atoms with E-state index in [4.69, 9.17) is 0 Å². The summed E-state index contributed by atoms with van der Waals surface area (Å²) in [6, 6.07) is 5.50. The van der Waals surface area contributed by atoms with Crippen molar-refractivity contribution >= 4 is 0 Å². The Hall–Kier alpha value is -1.68. The third-order valence-corrected chi connectivity index (χ3v) is 2.48. The summed E-state index contributed by atoms with van der Waals surface area (Å²) >= 11 is 0. The molecule has 0 aliphatic carbocycles. The fourth-order valence-corrected chi connectivity index (χ4v) is 1.60. The third kappa shape index (κ3) is 1.76. The minimum Gasteiger partial charge on any atom is -0.382 e. The summed E-state index contributed by atoms with van der Waals surface area (Å²) in [4.78, 5) is 4.15. The molecule has 1 N–H and O–H groups in total. The molecule has 0 aliphatic rings. The van der Waals surface area contributed by atoms with Crippen LogP contribution in [0.4, 0.5) is 0 Å². The number of hydrogen-bond donors (Lipinski definition) is 1. The maximum atomic E-state index is 10.1. The van der Waals surface area contributed by atoms with Gasteiger partial charge in [0.05, 0.1) is 5.69 Å². The Morgan fingerprint density at radius 3 is 2.73 bits per heavy atom. The van der Waals surface area contributed by atoms with Crippen LogP contribution >= 0.6 is 0 Å². The maximum absolute atomic E-state index is 10.1. The van der Waals surface area contributed by atoms with Crippen molar-refractivity contribution in [3.05, 3.63) is 47.5 Å². The van der Waals surface area contributed by atoms with Gasteiger partial charge in [0.25, 0.3) is 0 Å². The molecule has 2 rings (SSSR count). The highest BCUT2D eigenvalue weighted by Gasteiger charge is 2.15. The van der Waals surface area contributed by atoms with Gasteiger partial charge < -0.3 is 5.11 Å². The van der Waals surface area contributed by atoms with Crippen LogP contribution in [0.1, 0.15) is 23.1 Å². The predicted octanol–water partition coefficient (Wildman–Crippen LogP) is 1.21. The average molecular weight is 203 g/mol. The van der Waals surface area contributed by atoms with Crippen molar-refractivity contribution in [3.63, 3.8) is 0 Å². The summed E-state index contributed by atoms with van der Waals surface area (Å²) in [5, 5.41) is 14.2. The van der Waals surface area contributed by atoms with E-state index in [9.17, 15) is 5.11 Å². The van der Waals surface area contributed by atoms with Crippen LogP contribution in [0.15, 0.2) is 30.6 Å². The Morgan fingerprint density at radius 2 is 2.13 bits per heavy atom. The Kier molecular flexibility index (Phi) is 2.51. The Bertz CT molecular complexity index is 464. The number of aliphatic hydroxyl groups is 1. The van der Waals surface area contributed by atoms with E-state index in [1.807, 2.05) is 26.1 Å². The summed E-state index contributed by atoms with van der Waals surface area (Å²) < 4.78 is 1.66. The summed E-state index contributed by atoms with van der Waals surface area (Å²) in [5.74, 6) is 0. The highest BCUT2D eigenvalue weighted by Crippen LogP contribution is 2.22. The van der Waals surface area contributed by atoms with Gasteiger partial charge in [-0.3, -0.25) is 9.67 Å². The molecule has 0 aliphatic heterocycles. The maximum Gasteiger partial charge on any atom is 0.122 e. The first-order valence-corrected chi connectivity index (χ1v) is 4.77. The topological polar surface area (TPSA) is 50.9 Å². The fourth-order valence-electron chi connectivity index (χ4n) is 1.60. The van der Waals surface area contributed by atoms with Crippen molar-refractivity contribution in [2.75, 3.05) is 0 Å². The van der Waals surface area contributed by atoms with Crippen molar-refractivity contribution in [2.45, 2.75) is 13.0 Å². The summed E-state index contributed by atoms with van der Waals surface area (Å²) in [5.41, 5.74) is 2.43. The highest BCUT2D eigenvalue weighted by atomic mass is 16.3. The second-order valence-corrected chi connectivity index (χ2v) is 3.46. The first-order valence-electron chi connectivity index (χ1n) is 4.77. The Labute approximate surface area is 88.2 Å². The first-order chi connectivity index (χ1) is 7.20. The number of aliphatic hydroxyl groups excluding tert-OH is 1. The Morgan fingerprint density at radius 1 is 1.33 bits per heavy atom. The van der Waals surface area contributed by atoms with E-state index in [0.717, 1.165) is 17.0 Å². The fraction of sp³-hybridized carbons (Fsp3) is 0.273. The van der Waals surface area contributed by atoms with Gasteiger partial charge in [-0.1, -0.05) is 6.07 Å². The average Bonchev–Trinajstić information content (AvgIpc) is 2.64. The molecule has 0 saturated carbocycles. The predicted molar refractivity (Wildman–Crippen MR) is 56.2 cm³/mol. The zero-order valence-electron chi connectivity index (χ0n) is 8.75. The van der Waals surface area contributed by atoms with E-state index in [-0.39, 0.29) is 0 Å². The number of aromatic nitrogens is 3. The molecule has 78 valence electrons. The number of aryl methyl sites for hydroxylation is 2. The van der Waals surface area contributed by atoms with Gasteiger partial charge >= 0.3 is 0 Å². The van der Waals surface area contributed by atoms with Gasteiger partial charge in [0.15, 0.2) is 0 Å². The van der Waals surface area contributed by atoms with Crippen LogP contribution in [-0.2, 0) is 7.05 Å². The van der Waals surface area contributed by atoms with E-state index in [2.05, 4.69) is 10.1 Å². The number of rotatable bonds is 2. The van der Waals surface area contributed by atoms with Crippen molar-refractivity contribution < 1.29 is 5.11 Å². The molecule has 0 saturated heterocycles. The van der Waals surface area contributed by atoms with E-state index in [0.29, 0.717) is 0 Å². The number of pyridine rings is 1. The molecule has 0 fully saturated rings. The van der Waals surface area contributed by atoms with Crippen LogP contribution in [0.3, 0.4) is 0 Å². The number of nitrogens with zero attached hydrogens (tertiary/aromatic N) is 3. The zero-order valence-corrected chi connectivity index (χ0v) is 8.75. The van der Waals surface area contributed by atoms with Crippen molar-refractivity contribution in [3.8, 4) is 0 Å². The van der Waals surface area contributed by atoms with Gasteiger partial charge in [0, 0.05) is 30.7 Å². The molecule has 4 heteroatoms. The number of hydrogen-bond acceptors (Lipinski definition) is 3. The van der Waals surface area contributed by atoms with Gasteiger partial charge in [-0.15, -0.1) is 0 Å². The lowest BCUT2D eigenvalue weighted by Gasteiger charge is -2.12. The normalized spacial score (nSPS) is 12.7. The lowest BCUT2D eigenvalue weighted by Crippen LogP contribution is -2.08. The van der Waals surface area contributed by atoms with Gasteiger partial charge in [-0.05, 0) is 19.1 Å². The monoisotopic (exact) mass is 203 g/mol. The van der Waals surface area contributed by atoms with Crippen LogP contribution < -0.4 is 0 Å². The second kappa shape index (κ2) is 3.82. The minimum absolute atomic E-state index is 0.661. The molecule has 1 atom stereocenters. The zero-order chi connectivity index (χ0) is 10.8. The molecular weight excluding hydrogens is 190 g/mol. The smallest absolute Gasteiger partial charge is 0.122 e. The van der Waals surface area contributed by atoms with Gasteiger partial charge in [-0.2, -0.15) is 5.10 Å². The van der Waals surface area contributed by atoms with E-state index < -0.39 is 6.10 Å². The largest absolute Gasteiger partial charge is 0.382 e. The second-order valence-electron chi connectivity index (χ2n) is 3.46. The standard InChI is InChI=1S/C11H13N3O/c1-8-9(4-3-6-12-8)11(15)10-5-7-13-14(10)2/h3-7,11,15H,1-2H3. The summed E-state index contributed by atoms with van der Waals surface area (Å²) in [7, 11) is 1.81. The quantitative estimate of drug-likeness (QED) is 0.798. The van der Waals surface area contributed by atoms with E-state index in [1.165, 1.54) is 0 Å². The lowest BCUT2D eigenvalue weighted by atomic mass is 10.1. The molecule has 0 amide bonds. The van der Waals surface area contributed by atoms with Crippen LogP contribution in [0.2, 0.25) is 0 Å². The molecule has 2 heterocycles. The molecule has 1 unspecified atom stereocenters. The molecule has 15 heavy (non-hydrogen) atoms. The van der Waals surface area contributed by atoms with Gasteiger partial charge in [-0.25, -0.2) is 0 Å². The molecule has 0 aromatic carbocycles. The SMILES string of the molecule is Cc1ncccc1C(O)c1ccnn1C. The minimum atomic E-state index is -0.661. The van der Waals surface area contributed by atoms with Crippen molar-refractivity contribution in [1.29, 1.82) is 0 Å². The van der Waals surface area contributed by atoms with Gasteiger partial charge in [0.1, 0.15) is 6.10 Å². The van der Waals surface area contributed by atoms with Crippen molar-refractivity contribution in [2.24, 2.45) is 7.05 Å². The summed E-state index contributed by atoms with van der Waals surface area (Å²) in [6.07, 6.45) is 2.73. The molecule has 2 aromatic rings. The first kappa shape index (κ1) is 9.86. The van der Waals surface area contributed by atoms with Gasteiger partial charge in [0.2, 0.25) is 0 Å². The van der Waals surface area contributed by atoms with Crippen LogP contribution in [0.25, 0.3) is 0 Å². The molecule has 0 spiro atoms. The molecule has 0 bridgehead atoms. The lowest BCUT2D eigenvalue weighted by molar-refractivity contribution is 0.208. The molecule has 2 aromatic heterocycles. The molecular formula is C11H13N3O. The van der Waals surface area contributed by atoms with E-state index in [1.54, 1.807) is 23.1 Å². The van der Waals surface area contributed by atoms with Crippen molar-refractivity contribution in [1.82, 2.24) is 14.8 Å². The molecule has 0 radical (unpaired) electrons. The van der Waals surface area contributed by atoms with Crippen LogP contribution in [0, 0.1) is 6.92 Å². The third-order valence-electron chi connectivity index (χ3n) is 2.48. The summed E-state index contributed by atoms with van der Waals surface area (Å²) in [6.45, 7) is 1.88. The highest BCUT2D eigenvalue weighted by molar-refractivity contribution is 5.27. The van der Waals surface area contributed by atoms with E-state index >= 15 is 0 Å². The van der Waals surface area contributed by atoms with Crippen LogP contribution in [0.5, 0.6) is 0 Å². The molecule has 4 nitrogen and oxygen atoms in total. The Balaban J connectivity index is 2.41.